The second-order valence-corrected chi connectivity index (χ2v) is 7.01. The quantitative estimate of drug-likeness (QED) is 0.507. The van der Waals surface area contributed by atoms with Gasteiger partial charge in [-0.25, -0.2) is 0 Å². The zero-order chi connectivity index (χ0) is 15.2. The summed E-state index contributed by atoms with van der Waals surface area (Å²) in [7, 11) is -3.83. The van der Waals surface area contributed by atoms with Gasteiger partial charge in [-0.2, -0.15) is 8.42 Å². The van der Waals surface area contributed by atoms with Gasteiger partial charge in [0, 0.05) is 17.4 Å². The number of nitrogens with two attached hydrogens (primary N) is 1. The van der Waals surface area contributed by atoms with Crippen LogP contribution in [-0.2, 0) is 10.1 Å². The predicted octanol–water partition coefficient (Wildman–Crippen LogP) is 2.76. The maximum Gasteiger partial charge on any atom is 0.264 e. The van der Waals surface area contributed by atoms with Crippen molar-refractivity contribution < 1.29 is 13.0 Å². The van der Waals surface area contributed by atoms with E-state index in [0.717, 1.165) is 24.2 Å². The topological polar surface area (TPSA) is 92.4 Å². The molecule has 4 N–H and O–H groups in total. The highest BCUT2D eigenvalue weighted by molar-refractivity contribution is 7.85. The molecule has 5 nitrogen and oxygen atoms in total. The lowest BCUT2D eigenvalue weighted by molar-refractivity contribution is 0.447. The Morgan fingerprint density at radius 3 is 2.40 bits per heavy atom. The molecule has 2 unspecified atom stereocenters. The van der Waals surface area contributed by atoms with Gasteiger partial charge >= 0.3 is 0 Å². The molecule has 0 aliphatic heterocycles. The Kier molecular flexibility index (Phi) is 6.29. The zero-order valence-electron chi connectivity index (χ0n) is 12.0. The minimum atomic E-state index is -3.83. The van der Waals surface area contributed by atoms with Crippen LogP contribution in [0.1, 0.15) is 33.1 Å². The first kappa shape index (κ1) is 16.8. The number of rotatable bonds is 8. The third-order valence-corrected chi connectivity index (χ3v) is 3.98. The summed E-state index contributed by atoms with van der Waals surface area (Å²) >= 11 is 0. The molecule has 20 heavy (non-hydrogen) atoms. The van der Waals surface area contributed by atoms with Crippen LogP contribution in [0.25, 0.3) is 0 Å². The fourth-order valence-electron chi connectivity index (χ4n) is 2.26. The molecular weight excluding hydrogens is 276 g/mol. The summed E-state index contributed by atoms with van der Waals surface area (Å²) < 4.78 is 30.0. The maximum absolute atomic E-state index is 10.6. The van der Waals surface area contributed by atoms with E-state index in [0.29, 0.717) is 18.4 Å². The largest absolute Gasteiger partial charge is 0.399 e. The molecule has 1 rings (SSSR count). The zero-order valence-corrected chi connectivity index (χ0v) is 12.9. The van der Waals surface area contributed by atoms with Crippen LogP contribution in [0.4, 0.5) is 11.4 Å². The molecule has 0 bridgehead atoms. The van der Waals surface area contributed by atoms with Gasteiger partial charge in [-0.3, -0.25) is 4.55 Å². The Labute approximate surface area is 121 Å². The van der Waals surface area contributed by atoms with Crippen molar-refractivity contribution >= 4 is 21.5 Å². The Bertz CT molecular complexity index is 500. The first-order chi connectivity index (χ1) is 9.26. The Hall–Kier alpha value is -1.27. The van der Waals surface area contributed by atoms with Crippen LogP contribution < -0.4 is 11.1 Å². The van der Waals surface area contributed by atoms with Gasteiger partial charge in [-0.15, -0.1) is 0 Å². The van der Waals surface area contributed by atoms with E-state index < -0.39 is 10.1 Å². The molecule has 0 spiro atoms. The van der Waals surface area contributed by atoms with Crippen LogP contribution in [0, 0.1) is 5.92 Å². The van der Waals surface area contributed by atoms with E-state index in [1.54, 1.807) is 0 Å². The summed E-state index contributed by atoms with van der Waals surface area (Å²) in [6, 6.07) is 7.87. The smallest absolute Gasteiger partial charge is 0.264 e. The van der Waals surface area contributed by atoms with Gasteiger partial charge in [0.2, 0.25) is 0 Å². The van der Waals surface area contributed by atoms with E-state index >= 15 is 0 Å². The van der Waals surface area contributed by atoms with Gasteiger partial charge in [0.05, 0.1) is 5.75 Å². The maximum atomic E-state index is 10.6. The van der Waals surface area contributed by atoms with E-state index in [1.807, 2.05) is 24.3 Å². The van der Waals surface area contributed by atoms with Crippen molar-refractivity contribution in [3.05, 3.63) is 24.3 Å². The van der Waals surface area contributed by atoms with Gasteiger partial charge in [0.1, 0.15) is 0 Å². The van der Waals surface area contributed by atoms with Crippen molar-refractivity contribution in [1.29, 1.82) is 0 Å². The molecule has 0 aliphatic rings. The molecule has 1 aromatic rings. The van der Waals surface area contributed by atoms with Crippen molar-refractivity contribution in [3.8, 4) is 0 Å². The second kappa shape index (κ2) is 7.50. The lowest BCUT2D eigenvalue weighted by Crippen LogP contribution is -2.19. The molecule has 0 heterocycles. The summed E-state index contributed by atoms with van der Waals surface area (Å²) in [5.74, 6) is 0.241. The Morgan fingerprint density at radius 1 is 1.25 bits per heavy atom. The Balaban J connectivity index is 2.30. The van der Waals surface area contributed by atoms with Crippen LogP contribution in [0.2, 0.25) is 0 Å². The minimum Gasteiger partial charge on any atom is -0.399 e. The number of benzene rings is 1. The summed E-state index contributed by atoms with van der Waals surface area (Å²) in [6.07, 6.45) is 2.22. The van der Waals surface area contributed by atoms with Crippen LogP contribution in [0.15, 0.2) is 24.3 Å². The van der Waals surface area contributed by atoms with E-state index in [4.69, 9.17) is 10.3 Å². The molecule has 114 valence electrons. The molecule has 0 radical (unpaired) electrons. The summed E-state index contributed by atoms with van der Waals surface area (Å²) in [6.45, 7) is 4.18. The lowest BCUT2D eigenvalue weighted by atomic mass is 9.98. The highest BCUT2D eigenvalue weighted by Gasteiger charge is 2.11. The number of hydrogen-bond donors (Lipinski definition) is 3. The molecule has 0 amide bonds. The van der Waals surface area contributed by atoms with Crippen LogP contribution >= 0.6 is 0 Å². The molecule has 0 fully saturated rings. The molecule has 0 aromatic heterocycles. The SMILES string of the molecule is CC(CCCS(=O)(=O)O)CC(C)Nc1ccc(N)cc1. The molecule has 0 saturated carbocycles. The number of nitrogens with one attached hydrogen (secondary N) is 1. The van der Waals surface area contributed by atoms with Gasteiger partial charge < -0.3 is 11.1 Å². The predicted molar refractivity (Wildman–Crippen MR) is 83.4 cm³/mol. The second-order valence-electron chi connectivity index (χ2n) is 5.44. The minimum absolute atomic E-state index is 0.156. The van der Waals surface area contributed by atoms with Gasteiger partial charge in [-0.1, -0.05) is 6.92 Å². The van der Waals surface area contributed by atoms with Crippen LogP contribution in [-0.4, -0.2) is 24.8 Å². The molecule has 0 aliphatic carbocycles. The first-order valence-corrected chi connectivity index (χ1v) is 8.44. The van der Waals surface area contributed by atoms with Gasteiger partial charge in [-0.05, 0) is 56.4 Å². The van der Waals surface area contributed by atoms with Crippen LogP contribution in [0.3, 0.4) is 0 Å². The third-order valence-electron chi connectivity index (χ3n) is 3.18. The third kappa shape index (κ3) is 7.35. The summed E-state index contributed by atoms with van der Waals surface area (Å²) in [4.78, 5) is 0. The summed E-state index contributed by atoms with van der Waals surface area (Å²) in [5.41, 5.74) is 7.39. The fourth-order valence-corrected chi connectivity index (χ4v) is 2.79. The normalized spacial score (nSPS) is 14.8. The average molecular weight is 300 g/mol. The molecule has 1 aromatic carbocycles. The molecule has 0 saturated heterocycles. The van der Waals surface area contributed by atoms with Crippen molar-refractivity contribution in [3.63, 3.8) is 0 Å². The number of hydrogen-bond acceptors (Lipinski definition) is 4. The summed E-state index contributed by atoms with van der Waals surface area (Å²) in [5, 5.41) is 3.38. The standard InChI is InChI=1S/C14H24N2O3S/c1-11(4-3-9-20(17,18)19)10-12(2)16-14-7-5-13(15)6-8-14/h5-8,11-12,16H,3-4,9-10,15H2,1-2H3,(H,17,18,19). The van der Waals surface area contributed by atoms with E-state index in [1.165, 1.54) is 0 Å². The highest BCUT2D eigenvalue weighted by atomic mass is 32.2. The van der Waals surface area contributed by atoms with Gasteiger partial charge in [0.25, 0.3) is 10.1 Å². The molecular formula is C14H24N2O3S. The van der Waals surface area contributed by atoms with Crippen molar-refractivity contribution in [2.24, 2.45) is 5.92 Å². The average Bonchev–Trinajstić information content (AvgIpc) is 2.30. The van der Waals surface area contributed by atoms with Crippen molar-refractivity contribution in [1.82, 2.24) is 0 Å². The van der Waals surface area contributed by atoms with Crippen LogP contribution in [0.5, 0.6) is 0 Å². The van der Waals surface area contributed by atoms with E-state index in [-0.39, 0.29) is 5.75 Å². The first-order valence-electron chi connectivity index (χ1n) is 6.83. The van der Waals surface area contributed by atoms with E-state index in [2.05, 4.69) is 19.2 Å². The lowest BCUT2D eigenvalue weighted by Gasteiger charge is -2.19. The van der Waals surface area contributed by atoms with Crippen molar-refractivity contribution in [2.45, 2.75) is 39.2 Å². The molecule has 2 atom stereocenters. The number of anilines is 2. The highest BCUT2D eigenvalue weighted by Crippen LogP contribution is 2.17. The van der Waals surface area contributed by atoms with Gasteiger partial charge in [0.15, 0.2) is 0 Å². The monoisotopic (exact) mass is 300 g/mol. The fraction of sp³-hybridized carbons (Fsp3) is 0.571. The molecule has 6 heteroatoms. The van der Waals surface area contributed by atoms with Crippen molar-refractivity contribution in [2.75, 3.05) is 16.8 Å². The Morgan fingerprint density at radius 2 is 1.85 bits per heavy atom. The number of nitrogen functional groups attached to an aromatic ring is 1. The van der Waals surface area contributed by atoms with E-state index in [9.17, 15) is 8.42 Å².